The highest BCUT2D eigenvalue weighted by atomic mass is 32.2. The van der Waals surface area contributed by atoms with Gasteiger partial charge in [-0.2, -0.15) is 5.10 Å². The van der Waals surface area contributed by atoms with Gasteiger partial charge in [0.15, 0.2) is 11.0 Å². The first-order valence-electron chi connectivity index (χ1n) is 11.1. The second-order valence-electron chi connectivity index (χ2n) is 8.58. The van der Waals surface area contributed by atoms with Crippen LogP contribution in [-0.2, 0) is 16.8 Å². The zero-order valence-electron chi connectivity index (χ0n) is 20.3. The SMILES string of the molecule is CCn1c(SCC(=O)N/N=C/C=C/c2ccccc2OC)nnc1-c1ccc(C(C)(C)C)cc1. The predicted octanol–water partition coefficient (Wildman–Crippen LogP) is 5.18. The molecule has 0 saturated carbocycles. The van der Waals surface area contributed by atoms with E-state index < -0.39 is 0 Å². The maximum absolute atomic E-state index is 12.2. The minimum atomic E-state index is -0.214. The van der Waals surface area contributed by atoms with Crippen LogP contribution < -0.4 is 10.2 Å². The molecule has 0 unspecified atom stereocenters. The summed E-state index contributed by atoms with van der Waals surface area (Å²) >= 11 is 1.34. The fourth-order valence-corrected chi connectivity index (χ4v) is 4.07. The molecule has 0 aliphatic rings. The fraction of sp³-hybridized carbons (Fsp3) is 0.308. The Morgan fingerprint density at radius 3 is 2.56 bits per heavy atom. The lowest BCUT2D eigenvalue weighted by atomic mass is 9.87. The standard InChI is InChI=1S/C26H31N5O2S/c1-6-31-24(20-13-15-21(16-14-20)26(2,3)4)29-30-25(31)34-18-23(32)28-27-17-9-11-19-10-7-8-12-22(19)33-5/h7-17H,6,18H2,1-5H3,(H,28,32)/b11-9+,27-17+. The van der Waals surface area contributed by atoms with E-state index in [1.54, 1.807) is 13.2 Å². The van der Waals surface area contributed by atoms with Gasteiger partial charge in [-0.15, -0.1) is 10.2 Å². The molecule has 0 saturated heterocycles. The highest BCUT2D eigenvalue weighted by Crippen LogP contribution is 2.27. The van der Waals surface area contributed by atoms with Gasteiger partial charge >= 0.3 is 0 Å². The molecule has 0 fully saturated rings. The summed E-state index contributed by atoms with van der Waals surface area (Å²) in [5.74, 6) is 1.55. The molecule has 0 atom stereocenters. The number of para-hydroxylation sites is 1. The number of ether oxygens (including phenoxy) is 1. The lowest BCUT2D eigenvalue weighted by Crippen LogP contribution is -2.19. The lowest BCUT2D eigenvalue weighted by Gasteiger charge is -2.19. The van der Waals surface area contributed by atoms with Crippen molar-refractivity contribution in [3.8, 4) is 17.1 Å². The van der Waals surface area contributed by atoms with E-state index in [1.807, 2.05) is 41.8 Å². The zero-order chi connectivity index (χ0) is 24.6. The second kappa shape index (κ2) is 11.7. The molecule has 0 aliphatic heterocycles. The van der Waals surface area contributed by atoms with Crippen molar-refractivity contribution in [3.63, 3.8) is 0 Å². The number of rotatable bonds is 9. The van der Waals surface area contributed by atoms with E-state index in [0.29, 0.717) is 11.7 Å². The summed E-state index contributed by atoms with van der Waals surface area (Å²) in [6, 6.07) is 16.1. The van der Waals surface area contributed by atoms with Gasteiger partial charge in [0.1, 0.15) is 5.75 Å². The quantitative estimate of drug-likeness (QED) is 0.261. The first-order chi connectivity index (χ1) is 16.3. The van der Waals surface area contributed by atoms with Crippen LogP contribution in [0.15, 0.2) is 64.9 Å². The van der Waals surface area contributed by atoms with Crippen LogP contribution in [0.4, 0.5) is 0 Å². The molecule has 1 heterocycles. The van der Waals surface area contributed by atoms with Gasteiger partial charge < -0.3 is 9.30 Å². The number of carbonyl (C=O) groups is 1. The van der Waals surface area contributed by atoms with Crippen molar-refractivity contribution in [1.82, 2.24) is 20.2 Å². The molecular formula is C26H31N5O2S. The van der Waals surface area contributed by atoms with Crippen LogP contribution in [-0.4, -0.2) is 39.7 Å². The van der Waals surface area contributed by atoms with Crippen LogP contribution in [0.1, 0.15) is 38.8 Å². The van der Waals surface area contributed by atoms with E-state index in [0.717, 1.165) is 22.7 Å². The van der Waals surface area contributed by atoms with Crippen LogP contribution in [0.25, 0.3) is 17.5 Å². The molecule has 3 aromatic rings. The average molecular weight is 478 g/mol. The van der Waals surface area contributed by atoms with Crippen molar-refractivity contribution in [2.45, 2.75) is 44.8 Å². The van der Waals surface area contributed by atoms with Crippen LogP contribution in [0.3, 0.4) is 0 Å². The smallest absolute Gasteiger partial charge is 0.250 e. The molecule has 0 bridgehead atoms. The summed E-state index contributed by atoms with van der Waals surface area (Å²) in [6.45, 7) is 9.32. The van der Waals surface area contributed by atoms with E-state index in [9.17, 15) is 4.79 Å². The molecule has 1 amide bonds. The number of hydrazone groups is 1. The number of methoxy groups -OCH3 is 1. The van der Waals surface area contributed by atoms with Crippen molar-refractivity contribution in [3.05, 3.63) is 65.7 Å². The molecule has 1 N–H and O–H groups in total. The molecule has 0 spiro atoms. The highest BCUT2D eigenvalue weighted by Gasteiger charge is 2.17. The monoisotopic (exact) mass is 477 g/mol. The topological polar surface area (TPSA) is 81.4 Å². The third kappa shape index (κ3) is 6.57. The third-order valence-electron chi connectivity index (χ3n) is 5.14. The lowest BCUT2D eigenvalue weighted by molar-refractivity contribution is -0.118. The number of aromatic nitrogens is 3. The number of nitrogens with zero attached hydrogens (tertiary/aromatic N) is 4. The Labute approximate surface area is 205 Å². The van der Waals surface area contributed by atoms with E-state index in [4.69, 9.17) is 4.74 Å². The van der Waals surface area contributed by atoms with Crippen molar-refractivity contribution >= 4 is 30.0 Å². The van der Waals surface area contributed by atoms with Gasteiger partial charge in [-0.1, -0.05) is 75.0 Å². The first-order valence-corrected chi connectivity index (χ1v) is 12.1. The summed E-state index contributed by atoms with van der Waals surface area (Å²) < 4.78 is 7.32. The Balaban J connectivity index is 1.56. The molecule has 1 aromatic heterocycles. The molecule has 8 heteroatoms. The Morgan fingerprint density at radius 2 is 1.88 bits per heavy atom. The first kappa shape index (κ1) is 25.2. The normalized spacial score (nSPS) is 11.9. The predicted molar refractivity (Wildman–Crippen MR) is 139 cm³/mol. The van der Waals surface area contributed by atoms with Crippen molar-refractivity contribution in [2.75, 3.05) is 12.9 Å². The van der Waals surface area contributed by atoms with Crippen molar-refractivity contribution < 1.29 is 9.53 Å². The maximum atomic E-state index is 12.2. The van der Waals surface area contributed by atoms with Crippen LogP contribution in [0, 0.1) is 0 Å². The second-order valence-corrected chi connectivity index (χ2v) is 9.52. The van der Waals surface area contributed by atoms with E-state index in [-0.39, 0.29) is 17.1 Å². The minimum absolute atomic E-state index is 0.0953. The summed E-state index contributed by atoms with van der Waals surface area (Å²) in [7, 11) is 1.63. The Bertz CT molecular complexity index is 1160. The van der Waals surface area contributed by atoms with Gasteiger partial charge in [0.25, 0.3) is 5.91 Å². The molecule has 0 radical (unpaired) electrons. The van der Waals surface area contributed by atoms with E-state index in [1.165, 1.54) is 23.5 Å². The van der Waals surface area contributed by atoms with Gasteiger partial charge in [0, 0.05) is 23.9 Å². The number of benzene rings is 2. The number of carbonyl (C=O) groups excluding carboxylic acids is 1. The van der Waals surface area contributed by atoms with Gasteiger partial charge in [0.05, 0.1) is 12.9 Å². The molecule has 3 rings (SSSR count). The molecule has 0 aliphatic carbocycles. The molecule has 7 nitrogen and oxygen atoms in total. The number of hydrogen-bond acceptors (Lipinski definition) is 6. The number of amides is 1. The Hall–Kier alpha value is -3.39. The average Bonchev–Trinajstić information content (AvgIpc) is 3.25. The van der Waals surface area contributed by atoms with Crippen molar-refractivity contribution in [2.24, 2.45) is 5.10 Å². The van der Waals surface area contributed by atoms with Gasteiger partial charge in [-0.05, 0) is 36.1 Å². The fourth-order valence-electron chi connectivity index (χ4n) is 3.28. The van der Waals surface area contributed by atoms with Gasteiger partial charge in [-0.3, -0.25) is 4.79 Å². The van der Waals surface area contributed by atoms with E-state index >= 15 is 0 Å². The van der Waals surface area contributed by atoms with Crippen LogP contribution in [0.2, 0.25) is 0 Å². The largest absolute Gasteiger partial charge is 0.496 e. The highest BCUT2D eigenvalue weighted by molar-refractivity contribution is 7.99. The number of thioether (sulfide) groups is 1. The van der Waals surface area contributed by atoms with Crippen LogP contribution >= 0.6 is 11.8 Å². The Morgan fingerprint density at radius 1 is 1.15 bits per heavy atom. The number of nitrogens with one attached hydrogen (secondary N) is 1. The van der Waals surface area contributed by atoms with E-state index in [2.05, 4.69) is 65.8 Å². The number of allylic oxidation sites excluding steroid dienone is 1. The summed E-state index contributed by atoms with van der Waals surface area (Å²) in [6.07, 6.45) is 5.14. The zero-order valence-corrected chi connectivity index (χ0v) is 21.1. The van der Waals surface area contributed by atoms with Crippen molar-refractivity contribution in [1.29, 1.82) is 0 Å². The van der Waals surface area contributed by atoms with Gasteiger partial charge in [0.2, 0.25) is 0 Å². The molecular weight excluding hydrogens is 446 g/mol. The molecule has 34 heavy (non-hydrogen) atoms. The Kier molecular flexibility index (Phi) is 8.65. The third-order valence-corrected chi connectivity index (χ3v) is 6.11. The number of hydrogen-bond donors (Lipinski definition) is 1. The maximum Gasteiger partial charge on any atom is 0.250 e. The molecule has 178 valence electrons. The summed E-state index contributed by atoms with van der Waals surface area (Å²) in [4.78, 5) is 12.2. The minimum Gasteiger partial charge on any atom is -0.496 e. The van der Waals surface area contributed by atoms with Gasteiger partial charge in [-0.25, -0.2) is 5.43 Å². The summed E-state index contributed by atoms with van der Waals surface area (Å²) in [5, 5.41) is 13.3. The molecule has 2 aromatic carbocycles. The summed E-state index contributed by atoms with van der Waals surface area (Å²) in [5.41, 5.74) is 5.83. The van der Waals surface area contributed by atoms with Crippen LogP contribution in [0.5, 0.6) is 5.75 Å².